The van der Waals surface area contributed by atoms with Gasteiger partial charge >= 0.3 is 0 Å². The van der Waals surface area contributed by atoms with Crippen LogP contribution in [0, 0.1) is 10.1 Å². The van der Waals surface area contributed by atoms with E-state index in [4.69, 9.17) is 22.8 Å². The molecule has 33 heavy (non-hydrogen) atoms. The minimum Gasteiger partial charge on any atom is -0.462 e. The van der Waals surface area contributed by atoms with Gasteiger partial charge in [-0.25, -0.2) is 0 Å². The highest BCUT2D eigenvalue weighted by Crippen LogP contribution is 2.34. The summed E-state index contributed by atoms with van der Waals surface area (Å²) in [6, 6.07) is 5.72. The van der Waals surface area contributed by atoms with Crippen LogP contribution in [-0.2, 0) is 22.8 Å². The van der Waals surface area contributed by atoms with Crippen molar-refractivity contribution in [3.8, 4) is 5.75 Å². The van der Waals surface area contributed by atoms with E-state index >= 15 is 0 Å². The molecule has 12 heteroatoms. The van der Waals surface area contributed by atoms with Gasteiger partial charge in [0.2, 0.25) is 6.29 Å². The Kier molecular flexibility index (Phi) is 8.82. The largest absolute Gasteiger partial charge is 0.462 e. The average Bonchev–Trinajstić information content (AvgIpc) is 2.63. The molecule has 1 aromatic rings. The van der Waals surface area contributed by atoms with Gasteiger partial charge in [-0.3, -0.25) is 10.1 Å². The number of carbonyl (C=O) groups is 1. The van der Waals surface area contributed by atoms with Crippen LogP contribution in [0.3, 0.4) is 0 Å². The number of nitro benzene ring substituents is 1. The van der Waals surface area contributed by atoms with Crippen molar-refractivity contribution in [1.82, 2.24) is 0 Å². The van der Waals surface area contributed by atoms with Crippen molar-refractivity contribution >= 4 is 36.9 Å². The SMILES string of the molecule is C[Si](C)(C)O[C@@H]1[C@H](O[Si](C)(C)C)[C@@H](Oc2ccc([N+](=O)[O-])cc2)O[C@H](C=O)[C@H]1O[Si](C)(C)C. The number of nitro groups is 1. The highest BCUT2D eigenvalue weighted by atomic mass is 28.4. The summed E-state index contributed by atoms with van der Waals surface area (Å²) < 4.78 is 31.7. The number of nitrogens with zero attached hydrogens (tertiary/aromatic N) is 1. The summed E-state index contributed by atoms with van der Waals surface area (Å²) in [5, 5.41) is 11.0. The summed E-state index contributed by atoms with van der Waals surface area (Å²) in [6.07, 6.45) is -2.96. The van der Waals surface area contributed by atoms with Crippen molar-refractivity contribution in [2.75, 3.05) is 0 Å². The first-order valence-corrected chi connectivity index (χ1v) is 21.3. The normalized spacial score (nSPS) is 26.6. The van der Waals surface area contributed by atoms with E-state index in [1.165, 1.54) is 24.3 Å². The van der Waals surface area contributed by atoms with Gasteiger partial charge in [0, 0.05) is 12.1 Å². The summed E-state index contributed by atoms with van der Waals surface area (Å²) >= 11 is 0. The predicted octanol–water partition coefficient (Wildman–Crippen LogP) is 4.56. The molecule has 186 valence electrons. The Bertz CT molecular complexity index is 817. The molecule has 5 atom stereocenters. The second-order valence-corrected chi connectivity index (χ2v) is 24.4. The molecule has 0 saturated carbocycles. The molecule has 1 fully saturated rings. The Labute approximate surface area is 199 Å². The summed E-state index contributed by atoms with van der Waals surface area (Å²) in [4.78, 5) is 22.6. The molecule has 0 aliphatic carbocycles. The van der Waals surface area contributed by atoms with Crippen LogP contribution in [0.25, 0.3) is 0 Å². The van der Waals surface area contributed by atoms with Gasteiger partial charge in [0.25, 0.3) is 5.69 Å². The number of carbonyl (C=O) groups excluding carboxylic acids is 1. The van der Waals surface area contributed by atoms with Crippen molar-refractivity contribution < 1.29 is 32.5 Å². The highest BCUT2D eigenvalue weighted by Gasteiger charge is 2.52. The fraction of sp³-hybridized carbons (Fsp3) is 0.667. The van der Waals surface area contributed by atoms with Gasteiger partial charge in [-0.1, -0.05) is 0 Å². The molecule has 1 aliphatic rings. The lowest BCUT2D eigenvalue weighted by atomic mass is 10.00. The molecule has 1 aromatic carbocycles. The van der Waals surface area contributed by atoms with Gasteiger partial charge in [0.15, 0.2) is 31.2 Å². The number of hydrogen-bond acceptors (Lipinski definition) is 8. The van der Waals surface area contributed by atoms with E-state index in [-0.39, 0.29) is 5.69 Å². The molecular formula is C21H37NO8Si3. The van der Waals surface area contributed by atoms with Gasteiger partial charge in [-0.15, -0.1) is 0 Å². The number of benzene rings is 1. The lowest BCUT2D eigenvalue weighted by Crippen LogP contribution is -2.66. The van der Waals surface area contributed by atoms with Crippen LogP contribution in [0.2, 0.25) is 58.9 Å². The van der Waals surface area contributed by atoms with Crippen molar-refractivity contribution in [1.29, 1.82) is 0 Å². The summed E-state index contributed by atoms with van der Waals surface area (Å²) in [5.41, 5.74) is -0.0453. The van der Waals surface area contributed by atoms with Crippen LogP contribution in [0.5, 0.6) is 5.75 Å². The molecule has 1 heterocycles. The van der Waals surface area contributed by atoms with Gasteiger partial charge in [0.1, 0.15) is 30.2 Å². The lowest BCUT2D eigenvalue weighted by molar-refractivity contribution is -0.384. The van der Waals surface area contributed by atoms with Crippen molar-refractivity contribution in [3.63, 3.8) is 0 Å². The van der Waals surface area contributed by atoms with Crippen LogP contribution in [-0.4, -0.2) is 66.9 Å². The van der Waals surface area contributed by atoms with Gasteiger partial charge in [0.05, 0.1) is 4.92 Å². The fourth-order valence-corrected chi connectivity index (χ4v) is 6.67. The third-order valence-corrected chi connectivity index (χ3v) is 7.37. The Morgan fingerprint density at radius 2 is 1.27 bits per heavy atom. The monoisotopic (exact) mass is 515 g/mol. The van der Waals surface area contributed by atoms with Crippen molar-refractivity contribution in [2.24, 2.45) is 0 Å². The first-order chi connectivity index (χ1) is 15.0. The molecule has 1 saturated heterocycles. The van der Waals surface area contributed by atoms with Gasteiger partial charge in [-0.2, -0.15) is 0 Å². The molecule has 0 radical (unpaired) electrons. The number of aldehydes is 1. The molecular weight excluding hydrogens is 478 g/mol. The molecule has 0 N–H and O–H groups in total. The van der Waals surface area contributed by atoms with E-state index in [9.17, 15) is 14.9 Å². The number of rotatable bonds is 10. The second-order valence-electron chi connectivity index (χ2n) is 11.1. The van der Waals surface area contributed by atoms with E-state index in [0.717, 1.165) is 6.29 Å². The highest BCUT2D eigenvalue weighted by molar-refractivity contribution is 6.70. The van der Waals surface area contributed by atoms with Crippen molar-refractivity contribution in [3.05, 3.63) is 34.4 Å². The van der Waals surface area contributed by atoms with E-state index in [0.29, 0.717) is 5.75 Å². The van der Waals surface area contributed by atoms with Gasteiger partial charge < -0.3 is 27.5 Å². The Hall–Kier alpha value is -1.42. The molecule has 0 spiro atoms. The first kappa shape index (κ1) is 27.8. The Balaban J connectivity index is 2.48. The fourth-order valence-electron chi connectivity index (χ4n) is 3.44. The van der Waals surface area contributed by atoms with E-state index < -0.39 is 60.6 Å². The van der Waals surface area contributed by atoms with Crippen LogP contribution in [0.15, 0.2) is 24.3 Å². The summed E-state index contributed by atoms with van der Waals surface area (Å²) in [6.45, 7) is 18.5. The smallest absolute Gasteiger partial charge is 0.269 e. The molecule has 0 unspecified atom stereocenters. The average molecular weight is 516 g/mol. The first-order valence-electron chi connectivity index (χ1n) is 11.0. The van der Waals surface area contributed by atoms with E-state index in [1.54, 1.807) is 0 Å². The molecule has 0 amide bonds. The molecule has 1 aliphatic heterocycles. The maximum Gasteiger partial charge on any atom is 0.269 e. The third-order valence-electron chi connectivity index (χ3n) is 4.43. The maximum absolute atomic E-state index is 12.1. The quantitative estimate of drug-likeness (QED) is 0.193. The number of ether oxygens (including phenoxy) is 2. The Morgan fingerprint density at radius 1 is 0.818 bits per heavy atom. The number of hydrogen-bond donors (Lipinski definition) is 0. The van der Waals surface area contributed by atoms with Gasteiger partial charge in [-0.05, 0) is 71.1 Å². The topological polar surface area (TPSA) is 106 Å². The maximum atomic E-state index is 12.1. The summed E-state index contributed by atoms with van der Waals surface area (Å²) in [7, 11) is -6.28. The van der Waals surface area contributed by atoms with Crippen LogP contribution in [0.1, 0.15) is 0 Å². The van der Waals surface area contributed by atoms with Crippen LogP contribution >= 0.6 is 0 Å². The molecule has 0 bridgehead atoms. The Morgan fingerprint density at radius 3 is 1.70 bits per heavy atom. The van der Waals surface area contributed by atoms with Crippen LogP contribution in [0.4, 0.5) is 5.69 Å². The van der Waals surface area contributed by atoms with Crippen molar-refractivity contribution in [2.45, 2.75) is 89.6 Å². The lowest BCUT2D eigenvalue weighted by Gasteiger charge is -2.49. The second kappa shape index (κ2) is 10.5. The van der Waals surface area contributed by atoms with E-state index in [2.05, 4.69) is 39.3 Å². The summed E-state index contributed by atoms with van der Waals surface area (Å²) in [5.74, 6) is 0.371. The molecule has 0 aromatic heterocycles. The zero-order valence-corrected chi connectivity index (χ0v) is 24.0. The predicted molar refractivity (Wildman–Crippen MR) is 133 cm³/mol. The molecule has 2 rings (SSSR count). The third kappa shape index (κ3) is 8.70. The minimum atomic E-state index is -2.11. The molecule has 9 nitrogen and oxygen atoms in total. The zero-order valence-electron chi connectivity index (χ0n) is 21.0. The van der Waals surface area contributed by atoms with E-state index in [1.807, 2.05) is 19.6 Å². The standard InChI is InChI=1S/C21H37NO8Si3/c1-31(2,3)28-18-17(14-23)27-21(26-16-12-10-15(11-13-16)22(24)25)20(30-33(7,8)9)19(18)29-32(4,5)6/h10-14,17-21H,1-9H3/t17-,18-,19+,20+,21+/m1/s1. The van der Waals surface area contributed by atoms with Crippen LogP contribution < -0.4 is 4.74 Å². The number of non-ortho nitro benzene ring substituents is 1. The minimum absolute atomic E-state index is 0.0453. The zero-order chi connectivity index (χ0) is 25.2.